The molecule has 0 radical (unpaired) electrons. The Morgan fingerprint density at radius 3 is 2.54 bits per heavy atom. The summed E-state index contributed by atoms with van der Waals surface area (Å²) in [6.45, 7) is 0.513. The van der Waals surface area contributed by atoms with Crippen LogP contribution in [-0.2, 0) is 0 Å². The average molecular weight is 328 g/mol. The number of amides is 1. The third kappa shape index (κ3) is 4.89. The van der Waals surface area contributed by atoms with Crippen LogP contribution >= 0.6 is 0 Å². The van der Waals surface area contributed by atoms with Crippen LogP contribution in [0.3, 0.4) is 0 Å². The second-order valence-corrected chi connectivity index (χ2v) is 5.47. The highest BCUT2D eigenvalue weighted by Crippen LogP contribution is 2.22. The molecule has 2 aromatic rings. The van der Waals surface area contributed by atoms with Crippen LogP contribution in [0.1, 0.15) is 34.7 Å². The van der Waals surface area contributed by atoms with E-state index in [4.69, 9.17) is 0 Å². The van der Waals surface area contributed by atoms with Crippen molar-refractivity contribution in [3.8, 4) is 0 Å². The predicted octanol–water partition coefficient (Wildman–Crippen LogP) is 2.88. The lowest BCUT2D eigenvalue weighted by atomic mass is 9.93. The van der Waals surface area contributed by atoms with Crippen molar-refractivity contribution < 1.29 is 14.8 Å². The highest BCUT2D eigenvalue weighted by molar-refractivity contribution is 5.94. The van der Waals surface area contributed by atoms with E-state index < -0.39 is 4.92 Å². The van der Waals surface area contributed by atoms with Gasteiger partial charge in [0.15, 0.2) is 0 Å². The van der Waals surface area contributed by atoms with Crippen molar-refractivity contribution in [1.29, 1.82) is 0 Å². The Labute approximate surface area is 140 Å². The van der Waals surface area contributed by atoms with Crippen LogP contribution in [0.15, 0.2) is 54.6 Å². The van der Waals surface area contributed by atoms with E-state index in [1.54, 1.807) is 6.07 Å². The summed E-state index contributed by atoms with van der Waals surface area (Å²) in [5, 5.41) is 22.8. The molecule has 0 spiro atoms. The first kappa shape index (κ1) is 17.6. The summed E-state index contributed by atoms with van der Waals surface area (Å²) in [6, 6.07) is 15.5. The molecule has 2 N–H and O–H groups in total. The summed E-state index contributed by atoms with van der Waals surface area (Å²) in [5.41, 5.74) is 1.28. The summed E-state index contributed by atoms with van der Waals surface area (Å²) in [7, 11) is 0. The second-order valence-electron chi connectivity index (χ2n) is 5.47. The van der Waals surface area contributed by atoms with E-state index >= 15 is 0 Å². The Kier molecular flexibility index (Phi) is 6.45. The molecule has 0 aliphatic carbocycles. The van der Waals surface area contributed by atoms with Gasteiger partial charge in [-0.05, 0) is 30.4 Å². The second kappa shape index (κ2) is 8.79. The fourth-order valence-corrected chi connectivity index (χ4v) is 2.58. The normalized spacial score (nSPS) is 11.7. The van der Waals surface area contributed by atoms with Gasteiger partial charge in [0.2, 0.25) is 0 Å². The molecule has 0 saturated carbocycles. The van der Waals surface area contributed by atoms with Crippen LogP contribution in [0.25, 0.3) is 0 Å². The molecule has 6 nitrogen and oxygen atoms in total. The number of nitrogens with one attached hydrogen (secondary N) is 1. The Bertz CT molecular complexity index is 688. The topological polar surface area (TPSA) is 92.5 Å². The van der Waals surface area contributed by atoms with E-state index in [9.17, 15) is 20.0 Å². The molecule has 1 amide bonds. The van der Waals surface area contributed by atoms with Crippen molar-refractivity contribution in [3.05, 3.63) is 75.8 Å². The van der Waals surface area contributed by atoms with Crippen molar-refractivity contribution in [1.82, 2.24) is 5.32 Å². The molecular formula is C18H20N2O4. The summed E-state index contributed by atoms with van der Waals surface area (Å²) in [4.78, 5) is 22.3. The number of hydrogen-bond acceptors (Lipinski definition) is 4. The van der Waals surface area contributed by atoms with Gasteiger partial charge in [0.05, 0.1) is 4.92 Å². The van der Waals surface area contributed by atoms with Crippen LogP contribution in [0.5, 0.6) is 0 Å². The molecule has 1 atom stereocenters. The number of carbonyl (C=O) groups is 1. The quantitative estimate of drug-likeness (QED) is 0.575. The molecule has 0 aliphatic rings. The van der Waals surface area contributed by atoms with Gasteiger partial charge in [-0.25, -0.2) is 0 Å². The maximum atomic E-state index is 12.1. The van der Waals surface area contributed by atoms with E-state index in [0.717, 1.165) is 5.56 Å². The molecule has 0 heterocycles. The molecule has 0 bridgehead atoms. The number of aliphatic hydroxyl groups is 1. The molecule has 126 valence electrons. The number of nitro benzene ring substituents is 1. The van der Waals surface area contributed by atoms with Gasteiger partial charge in [-0.15, -0.1) is 0 Å². The third-order valence-electron chi connectivity index (χ3n) is 3.85. The maximum absolute atomic E-state index is 12.1. The zero-order chi connectivity index (χ0) is 17.4. The predicted molar refractivity (Wildman–Crippen MR) is 90.9 cm³/mol. The lowest BCUT2D eigenvalue weighted by Crippen LogP contribution is -2.25. The van der Waals surface area contributed by atoms with Gasteiger partial charge >= 0.3 is 0 Å². The minimum absolute atomic E-state index is 0.0817. The third-order valence-corrected chi connectivity index (χ3v) is 3.85. The summed E-state index contributed by atoms with van der Waals surface area (Å²) in [6.07, 6.45) is 1.31. The van der Waals surface area contributed by atoms with Gasteiger partial charge in [0.25, 0.3) is 11.6 Å². The number of nitrogens with zero attached hydrogens (tertiary/aromatic N) is 1. The van der Waals surface area contributed by atoms with Crippen LogP contribution in [0.4, 0.5) is 5.69 Å². The first-order chi connectivity index (χ1) is 11.6. The Morgan fingerprint density at radius 1 is 1.12 bits per heavy atom. The van der Waals surface area contributed by atoms with E-state index in [2.05, 4.69) is 5.32 Å². The Balaban J connectivity index is 1.93. The highest BCUT2D eigenvalue weighted by atomic mass is 16.6. The van der Waals surface area contributed by atoms with Crippen molar-refractivity contribution in [2.45, 2.75) is 18.8 Å². The monoisotopic (exact) mass is 328 g/mol. The van der Waals surface area contributed by atoms with Crippen molar-refractivity contribution in [3.63, 3.8) is 0 Å². The summed E-state index contributed by atoms with van der Waals surface area (Å²) >= 11 is 0. The zero-order valence-corrected chi connectivity index (χ0v) is 13.2. The number of carbonyl (C=O) groups excluding carboxylic acids is 1. The largest absolute Gasteiger partial charge is 0.396 e. The molecule has 0 fully saturated rings. The Hall–Kier alpha value is -2.73. The lowest BCUT2D eigenvalue weighted by molar-refractivity contribution is -0.384. The minimum Gasteiger partial charge on any atom is -0.396 e. The van der Waals surface area contributed by atoms with Crippen LogP contribution < -0.4 is 5.32 Å². The smallest absolute Gasteiger partial charge is 0.270 e. The number of aliphatic hydroxyl groups excluding tert-OH is 1. The number of nitro groups is 1. The number of hydrogen-bond donors (Lipinski definition) is 2. The van der Waals surface area contributed by atoms with E-state index in [1.807, 2.05) is 30.3 Å². The molecular weight excluding hydrogens is 308 g/mol. The van der Waals surface area contributed by atoms with Crippen molar-refractivity contribution >= 4 is 11.6 Å². The maximum Gasteiger partial charge on any atom is 0.270 e. The fourth-order valence-electron chi connectivity index (χ4n) is 2.58. The van der Waals surface area contributed by atoms with Gasteiger partial charge < -0.3 is 10.4 Å². The van der Waals surface area contributed by atoms with E-state index in [0.29, 0.717) is 19.4 Å². The molecule has 0 saturated heterocycles. The highest BCUT2D eigenvalue weighted by Gasteiger charge is 2.13. The van der Waals surface area contributed by atoms with E-state index in [1.165, 1.54) is 18.2 Å². The van der Waals surface area contributed by atoms with Gasteiger partial charge in [-0.2, -0.15) is 0 Å². The minimum atomic E-state index is -0.524. The molecule has 2 aromatic carbocycles. The molecule has 0 aliphatic heterocycles. The van der Waals surface area contributed by atoms with Crippen molar-refractivity contribution in [2.24, 2.45) is 0 Å². The number of non-ortho nitro benzene ring substituents is 1. The van der Waals surface area contributed by atoms with Gasteiger partial charge in [0.1, 0.15) is 0 Å². The fraction of sp³-hybridized carbons (Fsp3) is 0.278. The molecule has 2 rings (SSSR count). The first-order valence-corrected chi connectivity index (χ1v) is 7.80. The van der Waals surface area contributed by atoms with Crippen LogP contribution in [0, 0.1) is 10.1 Å². The molecule has 1 unspecified atom stereocenters. The molecule has 0 aromatic heterocycles. The summed E-state index contributed by atoms with van der Waals surface area (Å²) < 4.78 is 0. The van der Waals surface area contributed by atoms with Gasteiger partial charge in [-0.3, -0.25) is 14.9 Å². The van der Waals surface area contributed by atoms with E-state index in [-0.39, 0.29) is 29.7 Å². The summed E-state index contributed by atoms with van der Waals surface area (Å²) in [5.74, 6) is -0.184. The van der Waals surface area contributed by atoms with Crippen LogP contribution in [0.2, 0.25) is 0 Å². The van der Waals surface area contributed by atoms with Gasteiger partial charge in [-0.1, -0.05) is 36.4 Å². The average Bonchev–Trinajstić information content (AvgIpc) is 2.61. The SMILES string of the molecule is O=C(NCCC(CCO)c1ccccc1)c1cccc([N+](=O)[O-])c1. The molecule has 24 heavy (non-hydrogen) atoms. The number of rotatable bonds is 8. The molecule has 6 heteroatoms. The first-order valence-electron chi connectivity index (χ1n) is 7.80. The standard InChI is InChI=1S/C18H20N2O4/c21-12-10-15(14-5-2-1-3-6-14)9-11-19-18(22)16-7-4-8-17(13-16)20(23)24/h1-8,13,15,21H,9-12H2,(H,19,22). The van der Waals surface area contributed by atoms with Gasteiger partial charge in [0, 0.05) is 30.8 Å². The lowest BCUT2D eigenvalue weighted by Gasteiger charge is -2.16. The van der Waals surface area contributed by atoms with Crippen LogP contribution in [-0.4, -0.2) is 29.1 Å². The number of benzene rings is 2. The Morgan fingerprint density at radius 2 is 1.88 bits per heavy atom. The zero-order valence-electron chi connectivity index (χ0n) is 13.2. The van der Waals surface area contributed by atoms with Crippen molar-refractivity contribution in [2.75, 3.05) is 13.2 Å².